The number of nitrogens with zero attached hydrogens (tertiary/aromatic N) is 2. The number of rotatable bonds is 4. The molecule has 0 atom stereocenters. The van der Waals surface area contributed by atoms with E-state index in [-0.39, 0.29) is 11.9 Å². The van der Waals surface area contributed by atoms with Crippen LogP contribution in [0.1, 0.15) is 44.9 Å². The Morgan fingerprint density at radius 3 is 2.77 bits per heavy atom. The van der Waals surface area contributed by atoms with Gasteiger partial charge >= 0.3 is 5.97 Å². The number of guanidine groups is 1. The lowest BCUT2D eigenvalue weighted by Gasteiger charge is -2.33. The number of methoxy groups -OCH3 is 1. The Morgan fingerprint density at radius 2 is 2.18 bits per heavy atom. The number of carbonyl (C=O) groups is 1. The topological polar surface area (TPSA) is 53.9 Å². The predicted octanol–water partition coefficient (Wildman–Crippen LogP) is 2.34. The molecule has 2 rings (SSSR count). The second-order valence-electron chi connectivity index (χ2n) is 6.12. The molecule has 0 aromatic rings. The van der Waals surface area contributed by atoms with E-state index in [0.717, 1.165) is 44.9 Å². The SMILES string of the molecule is CN=C(NCCC1=CCCCC1)N1CCC(C(=O)OC)CC1. The maximum absolute atomic E-state index is 11.6. The standard InChI is InChI=1S/C17H29N3O2/c1-18-17(19-11-8-14-6-4-3-5-7-14)20-12-9-15(10-13-20)16(21)22-2/h6,15H,3-5,7-13H2,1-2H3,(H,18,19). The van der Waals surface area contributed by atoms with Crippen molar-refractivity contribution in [1.29, 1.82) is 0 Å². The minimum atomic E-state index is -0.0770. The van der Waals surface area contributed by atoms with E-state index >= 15 is 0 Å². The molecule has 0 amide bonds. The average Bonchev–Trinajstić information content (AvgIpc) is 2.59. The van der Waals surface area contributed by atoms with E-state index in [1.807, 2.05) is 7.05 Å². The number of nitrogens with one attached hydrogen (secondary N) is 1. The van der Waals surface area contributed by atoms with E-state index in [2.05, 4.69) is 21.3 Å². The van der Waals surface area contributed by atoms with Crippen molar-refractivity contribution in [2.75, 3.05) is 33.8 Å². The molecule has 1 N–H and O–H groups in total. The van der Waals surface area contributed by atoms with Gasteiger partial charge < -0.3 is 15.0 Å². The van der Waals surface area contributed by atoms with Crippen LogP contribution >= 0.6 is 0 Å². The van der Waals surface area contributed by atoms with Crippen LogP contribution in [-0.4, -0.2) is 50.6 Å². The number of hydrogen-bond donors (Lipinski definition) is 1. The molecule has 1 aliphatic heterocycles. The van der Waals surface area contributed by atoms with Crippen LogP contribution in [0, 0.1) is 5.92 Å². The number of piperidine rings is 1. The Labute approximate surface area is 133 Å². The van der Waals surface area contributed by atoms with Crippen molar-refractivity contribution in [2.24, 2.45) is 10.9 Å². The molecule has 1 fully saturated rings. The quantitative estimate of drug-likeness (QED) is 0.375. The Balaban J connectivity index is 1.73. The van der Waals surface area contributed by atoms with E-state index in [4.69, 9.17) is 4.74 Å². The van der Waals surface area contributed by atoms with Crippen LogP contribution in [0.2, 0.25) is 0 Å². The minimum Gasteiger partial charge on any atom is -0.469 e. The molecule has 1 heterocycles. The highest BCUT2D eigenvalue weighted by Crippen LogP contribution is 2.20. The van der Waals surface area contributed by atoms with Gasteiger partial charge in [-0.2, -0.15) is 0 Å². The van der Waals surface area contributed by atoms with Crippen molar-refractivity contribution in [3.05, 3.63) is 11.6 Å². The number of hydrogen-bond acceptors (Lipinski definition) is 3. The molecule has 0 aromatic heterocycles. The van der Waals surface area contributed by atoms with Gasteiger partial charge in [0, 0.05) is 26.7 Å². The van der Waals surface area contributed by atoms with Crippen LogP contribution in [0.15, 0.2) is 16.6 Å². The molecule has 0 radical (unpaired) electrons. The molecule has 0 bridgehead atoms. The molecule has 22 heavy (non-hydrogen) atoms. The average molecular weight is 307 g/mol. The first-order valence-corrected chi connectivity index (χ1v) is 8.46. The van der Waals surface area contributed by atoms with E-state index in [9.17, 15) is 4.79 Å². The Bertz CT molecular complexity index is 424. The lowest BCUT2D eigenvalue weighted by molar-refractivity contribution is -0.146. The van der Waals surface area contributed by atoms with Gasteiger partial charge in [-0.15, -0.1) is 0 Å². The summed E-state index contributed by atoms with van der Waals surface area (Å²) in [7, 11) is 3.30. The lowest BCUT2D eigenvalue weighted by atomic mass is 9.97. The van der Waals surface area contributed by atoms with Crippen LogP contribution < -0.4 is 5.32 Å². The third-order valence-corrected chi connectivity index (χ3v) is 4.66. The van der Waals surface area contributed by atoms with Crippen molar-refractivity contribution in [1.82, 2.24) is 10.2 Å². The number of allylic oxidation sites excluding steroid dienone is 1. The fourth-order valence-electron chi connectivity index (χ4n) is 3.29. The highest BCUT2D eigenvalue weighted by Gasteiger charge is 2.26. The van der Waals surface area contributed by atoms with Crippen LogP contribution in [0.5, 0.6) is 0 Å². The second-order valence-corrected chi connectivity index (χ2v) is 6.12. The first-order valence-electron chi connectivity index (χ1n) is 8.46. The molecule has 5 nitrogen and oxygen atoms in total. The van der Waals surface area contributed by atoms with E-state index in [1.165, 1.54) is 32.8 Å². The van der Waals surface area contributed by atoms with Crippen molar-refractivity contribution in [3.8, 4) is 0 Å². The van der Waals surface area contributed by atoms with Gasteiger partial charge in [0.1, 0.15) is 0 Å². The summed E-state index contributed by atoms with van der Waals surface area (Å²) in [5.41, 5.74) is 1.58. The zero-order valence-corrected chi connectivity index (χ0v) is 13.9. The zero-order valence-electron chi connectivity index (χ0n) is 13.9. The van der Waals surface area contributed by atoms with Gasteiger partial charge in [0.25, 0.3) is 0 Å². The Hall–Kier alpha value is -1.52. The molecule has 5 heteroatoms. The number of likely N-dealkylation sites (tertiary alicyclic amines) is 1. The van der Waals surface area contributed by atoms with Crippen molar-refractivity contribution in [2.45, 2.75) is 44.9 Å². The van der Waals surface area contributed by atoms with E-state index in [1.54, 1.807) is 5.57 Å². The predicted molar refractivity (Wildman–Crippen MR) is 88.8 cm³/mol. The van der Waals surface area contributed by atoms with Crippen LogP contribution in [0.25, 0.3) is 0 Å². The fourth-order valence-corrected chi connectivity index (χ4v) is 3.29. The molecule has 2 aliphatic rings. The number of ether oxygens (including phenoxy) is 1. The zero-order chi connectivity index (χ0) is 15.8. The van der Waals surface area contributed by atoms with Gasteiger partial charge in [-0.05, 0) is 44.9 Å². The third-order valence-electron chi connectivity index (χ3n) is 4.66. The summed E-state index contributed by atoms with van der Waals surface area (Å²) in [5, 5.41) is 3.46. The van der Waals surface area contributed by atoms with Gasteiger partial charge in [-0.3, -0.25) is 9.79 Å². The van der Waals surface area contributed by atoms with Gasteiger partial charge in [0.2, 0.25) is 0 Å². The smallest absolute Gasteiger partial charge is 0.308 e. The summed E-state index contributed by atoms with van der Waals surface area (Å²) in [6.45, 7) is 2.67. The Kier molecular flexibility index (Phi) is 6.74. The largest absolute Gasteiger partial charge is 0.469 e. The summed E-state index contributed by atoms with van der Waals surface area (Å²) < 4.78 is 4.83. The van der Waals surface area contributed by atoms with Gasteiger partial charge in [0.05, 0.1) is 13.0 Å². The maximum atomic E-state index is 11.6. The number of esters is 1. The first kappa shape index (κ1) is 16.8. The van der Waals surface area contributed by atoms with Crippen molar-refractivity contribution >= 4 is 11.9 Å². The first-order chi connectivity index (χ1) is 10.7. The van der Waals surface area contributed by atoms with Gasteiger partial charge in [-0.25, -0.2) is 0 Å². The molecule has 0 aromatic carbocycles. The number of aliphatic imine (C=N–C) groups is 1. The van der Waals surface area contributed by atoms with Crippen molar-refractivity contribution < 1.29 is 9.53 Å². The molecular formula is C17H29N3O2. The molecular weight excluding hydrogens is 278 g/mol. The summed E-state index contributed by atoms with van der Waals surface area (Å²) in [6.07, 6.45) is 10.4. The second kappa shape index (κ2) is 8.81. The monoisotopic (exact) mass is 307 g/mol. The third kappa shape index (κ3) is 4.75. The fraction of sp³-hybridized carbons (Fsp3) is 0.765. The van der Waals surface area contributed by atoms with Crippen molar-refractivity contribution in [3.63, 3.8) is 0 Å². The number of carbonyl (C=O) groups excluding carboxylic acids is 1. The molecule has 1 saturated heterocycles. The maximum Gasteiger partial charge on any atom is 0.308 e. The minimum absolute atomic E-state index is 0.0479. The van der Waals surface area contributed by atoms with Crippen LogP contribution in [0.3, 0.4) is 0 Å². The van der Waals surface area contributed by atoms with E-state index < -0.39 is 0 Å². The molecule has 0 spiro atoms. The van der Waals surface area contributed by atoms with E-state index in [0.29, 0.717) is 0 Å². The highest BCUT2D eigenvalue weighted by molar-refractivity contribution is 5.80. The van der Waals surface area contributed by atoms with Crippen LogP contribution in [-0.2, 0) is 9.53 Å². The summed E-state index contributed by atoms with van der Waals surface area (Å²) in [6, 6.07) is 0. The molecule has 0 saturated carbocycles. The highest BCUT2D eigenvalue weighted by atomic mass is 16.5. The summed E-state index contributed by atoms with van der Waals surface area (Å²) in [5.74, 6) is 0.929. The summed E-state index contributed by atoms with van der Waals surface area (Å²) >= 11 is 0. The molecule has 0 unspecified atom stereocenters. The molecule has 1 aliphatic carbocycles. The Morgan fingerprint density at radius 1 is 1.41 bits per heavy atom. The van der Waals surface area contributed by atoms with Crippen LogP contribution in [0.4, 0.5) is 0 Å². The normalized spacial score (nSPS) is 20.5. The molecule has 124 valence electrons. The van der Waals surface area contributed by atoms with Gasteiger partial charge in [0.15, 0.2) is 5.96 Å². The lowest BCUT2D eigenvalue weighted by Crippen LogP contribution is -2.46. The summed E-state index contributed by atoms with van der Waals surface area (Å²) in [4.78, 5) is 18.2. The van der Waals surface area contributed by atoms with Gasteiger partial charge in [-0.1, -0.05) is 11.6 Å².